The second-order valence-corrected chi connectivity index (χ2v) is 5.54. The Morgan fingerprint density at radius 1 is 1.50 bits per heavy atom. The van der Waals surface area contributed by atoms with Gasteiger partial charge in [0.25, 0.3) is 5.91 Å². The van der Waals surface area contributed by atoms with Crippen molar-refractivity contribution in [2.45, 2.75) is 6.92 Å². The zero-order valence-corrected chi connectivity index (χ0v) is 12.9. The Hall–Kier alpha value is -1.98. The predicted molar refractivity (Wildman–Crippen MR) is 80.9 cm³/mol. The lowest BCUT2D eigenvalue weighted by atomic mass is 10.2. The zero-order valence-electron chi connectivity index (χ0n) is 10.5. The first-order valence-corrected chi connectivity index (χ1v) is 7.33. The molecule has 20 heavy (non-hydrogen) atoms. The molecule has 0 spiro atoms. The molecule has 0 saturated carbocycles. The van der Waals surface area contributed by atoms with E-state index < -0.39 is 0 Å². The molecule has 1 amide bonds. The van der Waals surface area contributed by atoms with E-state index in [0.717, 1.165) is 6.54 Å². The number of carbonyl (C=O) groups excluding carboxylic acids is 1. The normalized spacial score (nSPS) is 9.85. The molecule has 2 rings (SSSR count). The van der Waals surface area contributed by atoms with Crippen LogP contribution in [0.1, 0.15) is 22.3 Å². The molecule has 1 aromatic heterocycles. The number of nitrogens with one attached hydrogen (secondary N) is 2. The van der Waals surface area contributed by atoms with Crippen molar-refractivity contribution < 1.29 is 4.79 Å². The summed E-state index contributed by atoms with van der Waals surface area (Å²) in [6.07, 6.45) is 0. The van der Waals surface area contributed by atoms with Crippen LogP contribution in [-0.4, -0.2) is 22.6 Å². The van der Waals surface area contributed by atoms with Crippen molar-refractivity contribution in [3.05, 3.63) is 33.2 Å². The van der Waals surface area contributed by atoms with Gasteiger partial charge < -0.3 is 10.6 Å². The number of hydrogen-bond donors (Lipinski definition) is 2. The lowest BCUT2D eigenvalue weighted by molar-refractivity contribution is 0.102. The van der Waals surface area contributed by atoms with E-state index in [-0.39, 0.29) is 10.9 Å². The summed E-state index contributed by atoms with van der Waals surface area (Å²) in [5.41, 5.74) is 1.09. The lowest BCUT2D eigenvalue weighted by Crippen LogP contribution is -2.12. The fraction of sp³-hybridized carbons (Fsp3) is 0.167. The summed E-state index contributed by atoms with van der Waals surface area (Å²) in [7, 11) is 0. The second-order valence-electron chi connectivity index (χ2n) is 3.70. The number of benzene rings is 1. The van der Waals surface area contributed by atoms with Gasteiger partial charge in [-0.05, 0) is 41.1 Å². The topological polar surface area (TPSA) is 90.7 Å². The van der Waals surface area contributed by atoms with Crippen molar-refractivity contribution in [3.63, 3.8) is 0 Å². The van der Waals surface area contributed by atoms with E-state index in [1.807, 2.05) is 13.0 Å². The second kappa shape index (κ2) is 6.45. The fourth-order valence-corrected chi connectivity index (χ4v) is 2.58. The molecule has 8 heteroatoms. The Balaban J connectivity index is 2.13. The predicted octanol–water partition coefficient (Wildman–Crippen LogP) is 2.86. The maximum atomic E-state index is 12.0. The maximum absolute atomic E-state index is 12.0. The zero-order chi connectivity index (χ0) is 14.5. The highest BCUT2D eigenvalue weighted by Crippen LogP contribution is 2.24. The smallest absolute Gasteiger partial charge is 0.286 e. The van der Waals surface area contributed by atoms with Gasteiger partial charge in [0, 0.05) is 11.0 Å². The van der Waals surface area contributed by atoms with E-state index in [0.29, 0.717) is 20.9 Å². The van der Waals surface area contributed by atoms with Gasteiger partial charge in [-0.15, -0.1) is 10.2 Å². The van der Waals surface area contributed by atoms with Crippen LogP contribution in [0.15, 0.2) is 22.7 Å². The average molecular weight is 352 g/mol. The number of nitriles is 1. The van der Waals surface area contributed by atoms with Gasteiger partial charge in [0.1, 0.15) is 0 Å². The molecule has 102 valence electrons. The standard InChI is InChI=1S/C12H10BrN5OS/c1-2-15-12-18-17-11(20-12)10(19)16-9-4-3-7(6-14)5-8(9)13/h3-5H,2H2,1H3,(H,15,18)(H,16,19). The van der Waals surface area contributed by atoms with Gasteiger partial charge in [0.15, 0.2) is 0 Å². The molecule has 0 atom stereocenters. The molecule has 0 aliphatic rings. The molecule has 0 aliphatic heterocycles. The van der Waals surface area contributed by atoms with Crippen LogP contribution in [-0.2, 0) is 0 Å². The number of nitrogens with zero attached hydrogens (tertiary/aromatic N) is 3. The number of rotatable bonds is 4. The number of anilines is 2. The summed E-state index contributed by atoms with van der Waals surface area (Å²) in [6, 6.07) is 6.95. The van der Waals surface area contributed by atoms with Crippen molar-refractivity contribution in [3.8, 4) is 6.07 Å². The SMILES string of the molecule is CCNc1nnc(C(=O)Nc2ccc(C#N)cc2Br)s1. The van der Waals surface area contributed by atoms with Crippen LogP contribution in [0.2, 0.25) is 0 Å². The number of aromatic nitrogens is 2. The molecule has 0 saturated heterocycles. The number of halogens is 1. The summed E-state index contributed by atoms with van der Waals surface area (Å²) >= 11 is 4.49. The largest absolute Gasteiger partial charge is 0.360 e. The Bertz CT molecular complexity index is 679. The van der Waals surface area contributed by atoms with Gasteiger partial charge >= 0.3 is 0 Å². The van der Waals surface area contributed by atoms with E-state index in [1.54, 1.807) is 18.2 Å². The van der Waals surface area contributed by atoms with Crippen molar-refractivity contribution in [2.24, 2.45) is 0 Å². The van der Waals surface area contributed by atoms with Crippen LogP contribution in [0.4, 0.5) is 10.8 Å². The Morgan fingerprint density at radius 2 is 2.30 bits per heavy atom. The minimum Gasteiger partial charge on any atom is -0.360 e. The third-order valence-corrected chi connectivity index (χ3v) is 3.83. The number of amides is 1. The highest BCUT2D eigenvalue weighted by molar-refractivity contribution is 9.10. The van der Waals surface area contributed by atoms with Gasteiger partial charge in [0.05, 0.1) is 17.3 Å². The average Bonchev–Trinajstić information content (AvgIpc) is 2.90. The van der Waals surface area contributed by atoms with E-state index in [9.17, 15) is 4.79 Å². The van der Waals surface area contributed by atoms with E-state index in [4.69, 9.17) is 5.26 Å². The molecule has 1 aromatic carbocycles. The molecule has 2 N–H and O–H groups in total. The van der Waals surface area contributed by atoms with Gasteiger partial charge in [0.2, 0.25) is 10.1 Å². The molecule has 0 unspecified atom stereocenters. The molecule has 0 aliphatic carbocycles. The van der Waals surface area contributed by atoms with Crippen molar-refractivity contribution >= 4 is 44.0 Å². The van der Waals surface area contributed by atoms with Gasteiger partial charge in [-0.1, -0.05) is 11.3 Å². The summed E-state index contributed by atoms with van der Waals surface area (Å²) in [4.78, 5) is 12.0. The lowest BCUT2D eigenvalue weighted by Gasteiger charge is -2.05. The first kappa shape index (κ1) is 14.4. The molecular formula is C12H10BrN5OS. The van der Waals surface area contributed by atoms with Crippen LogP contribution >= 0.6 is 27.3 Å². The first-order chi connectivity index (χ1) is 9.63. The molecule has 0 fully saturated rings. The van der Waals surface area contributed by atoms with Gasteiger partial charge in [-0.2, -0.15) is 5.26 Å². The number of carbonyl (C=O) groups is 1. The van der Waals surface area contributed by atoms with E-state index >= 15 is 0 Å². The summed E-state index contributed by atoms with van der Waals surface area (Å²) < 4.78 is 0.640. The van der Waals surface area contributed by atoms with Crippen LogP contribution in [0.5, 0.6) is 0 Å². The van der Waals surface area contributed by atoms with Crippen LogP contribution < -0.4 is 10.6 Å². The van der Waals surface area contributed by atoms with Crippen LogP contribution in [0.25, 0.3) is 0 Å². The summed E-state index contributed by atoms with van der Waals surface area (Å²) in [5.74, 6) is -0.336. The quantitative estimate of drug-likeness (QED) is 0.883. The first-order valence-electron chi connectivity index (χ1n) is 5.72. The van der Waals surface area contributed by atoms with Crippen LogP contribution in [0, 0.1) is 11.3 Å². The Labute approximate surface area is 128 Å². The summed E-state index contributed by atoms with van der Waals surface area (Å²) in [6.45, 7) is 2.66. The molecule has 0 bridgehead atoms. The van der Waals surface area contributed by atoms with E-state index in [1.165, 1.54) is 11.3 Å². The number of hydrogen-bond acceptors (Lipinski definition) is 6. The highest BCUT2D eigenvalue weighted by atomic mass is 79.9. The maximum Gasteiger partial charge on any atom is 0.286 e. The van der Waals surface area contributed by atoms with Crippen molar-refractivity contribution in [1.29, 1.82) is 5.26 Å². The fourth-order valence-electron chi connectivity index (χ4n) is 1.40. The molecule has 2 aromatic rings. The van der Waals surface area contributed by atoms with Crippen LogP contribution in [0.3, 0.4) is 0 Å². The Kier molecular flexibility index (Phi) is 4.65. The van der Waals surface area contributed by atoms with E-state index in [2.05, 4.69) is 36.8 Å². The van der Waals surface area contributed by atoms with Gasteiger partial charge in [-0.25, -0.2) is 0 Å². The Morgan fingerprint density at radius 3 is 2.95 bits per heavy atom. The third-order valence-electron chi connectivity index (χ3n) is 2.29. The minimum absolute atomic E-state index is 0.275. The molecule has 6 nitrogen and oxygen atoms in total. The highest BCUT2D eigenvalue weighted by Gasteiger charge is 2.14. The third kappa shape index (κ3) is 3.31. The molecule has 1 heterocycles. The monoisotopic (exact) mass is 351 g/mol. The summed E-state index contributed by atoms with van der Waals surface area (Å²) in [5, 5.41) is 23.1. The minimum atomic E-state index is -0.336. The van der Waals surface area contributed by atoms with Gasteiger partial charge in [-0.3, -0.25) is 4.79 Å². The van der Waals surface area contributed by atoms with Crippen molar-refractivity contribution in [2.75, 3.05) is 17.2 Å². The molecule has 0 radical (unpaired) electrons. The van der Waals surface area contributed by atoms with Crippen molar-refractivity contribution in [1.82, 2.24) is 10.2 Å². The molecular weight excluding hydrogens is 342 g/mol.